The maximum atomic E-state index is 12.9. The van der Waals surface area contributed by atoms with Crippen LogP contribution in [0.25, 0.3) is 0 Å². The Bertz CT molecular complexity index is 1020. The van der Waals surface area contributed by atoms with Crippen molar-refractivity contribution < 1.29 is 4.79 Å². The van der Waals surface area contributed by atoms with Gasteiger partial charge >= 0.3 is 0 Å². The van der Waals surface area contributed by atoms with Gasteiger partial charge in [0.25, 0.3) is 11.5 Å². The minimum Gasteiger partial charge on any atom is -0.322 e. The molecule has 0 radical (unpaired) electrons. The number of pyridine rings is 1. The smallest absolute Gasteiger partial charge is 0.263 e. The normalized spacial score (nSPS) is 15.5. The predicted molar refractivity (Wildman–Crippen MR) is 103 cm³/mol. The quantitative estimate of drug-likeness (QED) is 0.753. The lowest BCUT2D eigenvalue weighted by Gasteiger charge is -2.16. The van der Waals surface area contributed by atoms with E-state index in [0.29, 0.717) is 10.7 Å². The summed E-state index contributed by atoms with van der Waals surface area (Å²) in [7, 11) is 0. The molecule has 3 aromatic rings. The number of aryl methyl sites for hydroxylation is 1. The van der Waals surface area contributed by atoms with E-state index in [9.17, 15) is 9.59 Å². The van der Waals surface area contributed by atoms with E-state index >= 15 is 0 Å². The van der Waals surface area contributed by atoms with Crippen LogP contribution in [0.5, 0.6) is 0 Å². The number of amides is 1. The van der Waals surface area contributed by atoms with Crippen molar-refractivity contribution in [3.63, 3.8) is 0 Å². The van der Waals surface area contributed by atoms with E-state index < -0.39 is 5.91 Å². The molecule has 1 amide bonds. The molecule has 0 saturated heterocycles. The number of anilines is 1. The summed E-state index contributed by atoms with van der Waals surface area (Å²) < 4.78 is 1.67. The summed E-state index contributed by atoms with van der Waals surface area (Å²) in [6, 6.07) is 18.2. The fourth-order valence-electron chi connectivity index (χ4n) is 3.48. The lowest BCUT2D eigenvalue weighted by Crippen LogP contribution is -2.30. The molecule has 4 rings (SSSR count). The van der Waals surface area contributed by atoms with Crippen molar-refractivity contribution in [1.82, 2.24) is 4.57 Å². The Morgan fingerprint density at radius 2 is 1.81 bits per heavy atom. The first-order valence-corrected chi connectivity index (χ1v) is 8.87. The van der Waals surface area contributed by atoms with Crippen LogP contribution in [-0.4, -0.2) is 10.5 Å². The summed E-state index contributed by atoms with van der Waals surface area (Å²) in [6.45, 7) is 0. The van der Waals surface area contributed by atoms with Gasteiger partial charge in [-0.15, -0.1) is 0 Å². The fourth-order valence-corrected chi connectivity index (χ4v) is 3.61. The summed E-state index contributed by atoms with van der Waals surface area (Å²) in [6.07, 6.45) is 3.56. The number of hydrogen-bond acceptors (Lipinski definition) is 2. The molecule has 130 valence electrons. The van der Waals surface area contributed by atoms with Crippen molar-refractivity contribution in [2.75, 3.05) is 5.32 Å². The van der Waals surface area contributed by atoms with Crippen molar-refractivity contribution in [2.24, 2.45) is 0 Å². The van der Waals surface area contributed by atoms with E-state index in [2.05, 4.69) is 17.4 Å². The summed E-state index contributed by atoms with van der Waals surface area (Å²) in [5.41, 5.74) is 2.87. The monoisotopic (exact) mass is 364 g/mol. The van der Waals surface area contributed by atoms with Crippen LogP contribution in [0, 0.1) is 0 Å². The third kappa shape index (κ3) is 3.04. The number of fused-ring (bicyclic) bond motifs is 1. The van der Waals surface area contributed by atoms with Gasteiger partial charge in [-0.2, -0.15) is 0 Å². The van der Waals surface area contributed by atoms with Crippen LogP contribution in [0.1, 0.15) is 33.9 Å². The van der Waals surface area contributed by atoms with E-state index in [1.165, 1.54) is 5.56 Å². The molecule has 0 bridgehead atoms. The van der Waals surface area contributed by atoms with Crippen molar-refractivity contribution in [2.45, 2.75) is 18.9 Å². The number of nitrogens with zero attached hydrogens (tertiary/aromatic N) is 1. The van der Waals surface area contributed by atoms with Crippen LogP contribution in [0.4, 0.5) is 5.69 Å². The molecule has 5 heteroatoms. The number of nitrogens with one attached hydrogen (secondary N) is 1. The highest BCUT2D eigenvalue weighted by Gasteiger charge is 2.25. The van der Waals surface area contributed by atoms with Crippen LogP contribution in [0.15, 0.2) is 71.7 Å². The first kappa shape index (κ1) is 16.6. The van der Waals surface area contributed by atoms with E-state index in [0.717, 1.165) is 18.4 Å². The lowest BCUT2D eigenvalue weighted by atomic mass is 10.1. The van der Waals surface area contributed by atoms with Gasteiger partial charge in [-0.25, -0.2) is 0 Å². The first-order chi connectivity index (χ1) is 12.6. The zero-order valence-electron chi connectivity index (χ0n) is 14.0. The Morgan fingerprint density at radius 3 is 2.62 bits per heavy atom. The third-order valence-corrected chi connectivity index (χ3v) is 5.01. The van der Waals surface area contributed by atoms with Gasteiger partial charge in [0.15, 0.2) is 0 Å². The van der Waals surface area contributed by atoms with Crippen LogP contribution in [0.3, 0.4) is 0 Å². The van der Waals surface area contributed by atoms with Gasteiger partial charge in [0.2, 0.25) is 0 Å². The molecule has 1 unspecified atom stereocenters. The predicted octanol–water partition coefficient (Wildman–Crippen LogP) is 4.29. The Kier molecular flexibility index (Phi) is 4.35. The summed E-state index contributed by atoms with van der Waals surface area (Å²) in [5.74, 6) is -0.419. The second kappa shape index (κ2) is 6.81. The van der Waals surface area contributed by atoms with Crippen molar-refractivity contribution >= 4 is 23.2 Å². The molecule has 0 aliphatic heterocycles. The molecule has 1 aliphatic rings. The number of rotatable bonds is 3. The van der Waals surface area contributed by atoms with Crippen molar-refractivity contribution in [1.29, 1.82) is 0 Å². The van der Waals surface area contributed by atoms with E-state index in [1.807, 2.05) is 12.1 Å². The average molecular weight is 365 g/mol. The van der Waals surface area contributed by atoms with Crippen molar-refractivity contribution in [3.8, 4) is 0 Å². The maximum Gasteiger partial charge on any atom is 0.263 e. The summed E-state index contributed by atoms with van der Waals surface area (Å²) >= 11 is 5.86. The topological polar surface area (TPSA) is 51.1 Å². The number of carbonyl (C=O) groups is 1. The fraction of sp³-hybridized carbons (Fsp3) is 0.143. The highest BCUT2D eigenvalue weighted by molar-refractivity contribution is 6.30. The molecule has 1 aliphatic carbocycles. The molecule has 2 aromatic carbocycles. The highest BCUT2D eigenvalue weighted by Crippen LogP contribution is 2.33. The van der Waals surface area contributed by atoms with Gasteiger partial charge in [0.05, 0.1) is 6.04 Å². The number of hydrogen-bond donors (Lipinski definition) is 1. The molecule has 1 heterocycles. The second-order valence-corrected chi connectivity index (χ2v) is 6.79. The SMILES string of the molecule is O=C(Nc1ccc(Cl)cc1)c1cccn(C2CCc3ccccc32)c1=O. The molecule has 1 N–H and O–H groups in total. The maximum absolute atomic E-state index is 12.9. The molecule has 0 fully saturated rings. The van der Waals surface area contributed by atoms with Crippen molar-refractivity contribution in [3.05, 3.63) is 98.9 Å². The summed E-state index contributed by atoms with van der Waals surface area (Å²) in [4.78, 5) is 25.5. The molecule has 26 heavy (non-hydrogen) atoms. The highest BCUT2D eigenvalue weighted by atomic mass is 35.5. The van der Waals surface area contributed by atoms with E-state index in [4.69, 9.17) is 11.6 Å². The first-order valence-electron chi connectivity index (χ1n) is 8.49. The molecule has 0 saturated carbocycles. The summed E-state index contributed by atoms with van der Waals surface area (Å²) in [5, 5.41) is 3.34. The van der Waals surface area contributed by atoms with Gasteiger partial charge in [-0.3, -0.25) is 9.59 Å². The van der Waals surface area contributed by atoms with Gasteiger partial charge in [0.1, 0.15) is 5.56 Å². The van der Waals surface area contributed by atoms with Crippen LogP contribution < -0.4 is 10.9 Å². The lowest BCUT2D eigenvalue weighted by molar-refractivity contribution is 0.102. The number of aromatic nitrogens is 1. The average Bonchev–Trinajstić information content (AvgIpc) is 3.08. The minimum absolute atomic E-state index is 0.0259. The standard InChI is InChI=1S/C21H17ClN2O2/c22-15-8-10-16(11-9-15)23-20(25)18-6-3-13-24(21(18)26)19-12-7-14-4-1-2-5-17(14)19/h1-6,8-11,13,19H,7,12H2,(H,23,25). The molecule has 1 atom stereocenters. The Hall–Kier alpha value is -2.85. The zero-order valence-corrected chi connectivity index (χ0v) is 14.7. The molecule has 4 nitrogen and oxygen atoms in total. The number of benzene rings is 2. The Labute approximate surface area is 156 Å². The number of carbonyl (C=O) groups excluding carboxylic acids is 1. The Morgan fingerprint density at radius 1 is 1.04 bits per heavy atom. The van der Waals surface area contributed by atoms with Gasteiger partial charge in [-0.1, -0.05) is 35.9 Å². The number of halogens is 1. The minimum atomic E-state index is -0.419. The second-order valence-electron chi connectivity index (χ2n) is 6.35. The van der Waals surface area contributed by atoms with Crippen LogP contribution >= 0.6 is 11.6 Å². The molecular formula is C21H17ClN2O2. The van der Waals surface area contributed by atoms with E-state index in [1.54, 1.807) is 47.2 Å². The van der Waals surface area contributed by atoms with E-state index in [-0.39, 0.29) is 17.2 Å². The molecule has 0 spiro atoms. The largest absolute Gasteiger partial charge is 0.322 e. The Balaban J connectivity index is 1.65. The van der Waals surface area contributed by atoms with Crippen LogP contribution in [-0.2, 0) is 6.42 Å². The van der Waals surface area contributed by atoms with Gasteiger partial charge in [0, 0.05) is 16.9 Å². The molecule has 1 aromatic heterocycles. The third-order valence-electron chi connectivity index (χ3n) is 4.76. The molecular weight excluding hydrogens is 348 g/mol. The van der Waals surface area contributed by atoms with Gasteiger partial charge < -0.3 is 9.88 Å². The van der Waals surface area contributed by atoms with Crippen LogP contribution in [0.2, 0.25) is 5.02 Å². The zero-order chi connectivity index (χ0) is 18.1. The van der Waals surface area contributed by atoms with Gasteiger partial charge in [-0.05, 0) is 60.4 Å².